The molecular formula is C12H22N4O. The number of aliphatic hydroxyl groups excluding tert-OH is 1. The highest BCUT2D eigenvalue weighted by Crippen LogP contribution is 2.47. The van der Waals surface area contributed by atoms with Gasteiger partial charge in [0.05, 0.1) is 5.69 Å². The quantitative estimate of drug-likeness (QED) is 0.707. The zero-order valence-electron chi connectivity index (χ0n) is 10.5. The topological polar surface area (TPSA) is 63.0 Å². The van der Waals surface area contributed by atoms with Gasteiger partial charge in [-0.05, 0) is 31.1 Å². The summed E-state index contributed by atoms with van der Waals surface area (Å²) in [6.07, 6.45) is 6.67. The molecule has 0 radical (unpaired) electrons. The van der Waals surface area contributed by atoms with Gasteiger partial charge in [0.25, 0.3) is 0 Å². The Hall–Kier alpha value is -0.940. The normalized spacial score (nSPS) is 17.3. The summed E-state index contributed by atoms with van der Waals surface area (Å²) in [5.41, 5.74) is 1.56. The van der Waals surface area contributed by atoms with Crippen LogP contribution in [0.1, 0.15) is 38.3 Å². The highest BCUT2D eigenvalue weighted by molar-refractivity contribution is 4.96. The molecule has 1 aromatic heterocycles. The molecule has 1 saturated carbocycles. The second-order valence-corrected chi connectivity index (χ2v) is 5.01. The molecule has 0 atom stereocenters. The van der Waals surface area contributed by atoms with Crippen LogP contribution in [0, 0.1) is 5.41 Å². The van der Waals surface area contributed by atoms with Gasteiger partial charge < -0.3 is 10.4 Å². The first-order chi connectivity index (χ1) is 8.28. The van der Waals surface area contributed by atoms with E-state index in [0.29, 0.717) is 5.41 Å². The van der Waals surface area contributed by atoms with E-state index in [4.69, 9.17) is 5.11 Å². The molecule has 2 rings (SSSR count). The Bertz CT molecular complexity index is 346. The molecule has 1 aromatic rings. The van der Waals surface area contributed by atoms with Crippen molar-refractivity contribution in [3.05, 3.63) is 11.9 Å². The molecule has 1 heterocycles. The molecule has 1 fully saturated rings. The Labute approximate surface area is 102 Å². The first-order valence-corrected chi connectivity index (χ1v) is 6.48. The lowest BCUT2D eigenvalue weighted by atomic mass is 10.0. The molecule has 1 aliphatic carbocycles. The number of aliphatic hydroxyl groups is 1. The van der Waals surface area contributed by atoms with Crippen molar-refractivity contribution in [3.63, 3.8) is 0 Å². The van der Waals surface area contributed by atoms with Crippen LogP contribution < -0.4 is 5.32 Å². The van der Waals surface area contributed by atoms with Crippen molar-refractivity contribution >= 4 is 0 Å². The molecule has 0 bridgehead atoms. The number of hydrogen-bond acceptors (Lipinski definition) is 4. The number of aromatic nitrogens is 3. The van der Waals surface area contributed by atoms with Crippen LogP contribution in [0.25, 0.3) is 0 Å². The Balaban J connectivity index is 1.70. The van der Waals surface area contributed by atoms with Crippen LogP contribution in [0.5, 0.6) is 0 Å². The van der Waals surface area contributed by atoms with Crippen molar-refractivity contribution in [3.8, 4) is 0 Å². The largest absolute Gasteiger partial charge is 0.396 e. The van der Waals surface area contributed by atoms with Gasteiger partial charge in [-0.25, -0.2) is 0 Å². The Morgan fingerprint density at radius 1 is 1.53 bits per heavy atom. The fraction of sp³-hybridized carbons (Fsp3) is 0.833. The fourth-order valence-electron chi connectivity index (χ4n) is 2.05. The summed E-state index contributed by atoms with van der Waals surface area (Å²) in [4.78, 5) is 0. The molecule has 17 heavy (non-hydrogen) atoms. The SMILES string of the molecule is CCC1(CNCc2cn(CCCO)nn2)CC1. The lowest BCUT2D eigenvalue weighted by Crippen LogP contribution is -2.23. The maximum atomic E-state index is 8.73. The third kappa shape index (κ3) is 3.51. The zero-order valence-corrected chi connectivity index (χ0v) is 10.5. The highest BCUT2D eigenvalue weighted by Gasteiger charge is 2.39. The van der Waals surface area contributed by atoms with E-state index >= 15 is 0 Å². The molecule has 2 N–H and O–H groups in total. The van der Waals surface area contributed by atoms with Crippen LogP contribution in [0.2, 0.25) is 0 Å². The van der Waals surface area contributed by atoms with Crippen LogP contribution in [0.4, 0.5) is 0 Å². The smallest absolute Gasteiger partial charge is 0.0964 e. The minimum Gasteiger partial charge on any atom is -0.396 e. The average molecular weight is 238 g/mol. The Morgan fingerprint density at radius 3 is 3.00 bits per heavy atom. The van der Waals surface area contributed by atoms with Gasteiger partial charge >= 0.3 is 0 Å². The summed E-state index contributed by atoms with van der Waals surface area (Å²) in [7, 11) is 0. The van der Waals surface area contributed by atoms with Gasteiger partial charge in [-0.15, -0.1) is 5.10 Å². The molecule has 5 nitrogen and oxygen atoms in total. The lowest BCUT2D eigenvalue weighted by molar-refractivity contribution is 0.276. The average Bonchev–Trinajstić information content (AvgIpc) is 2.99. The van der Waals surface area contributed by atoms with Crippen LogP contribution in [-0.2, 0) is 13.1 Å². The van der Waals surface area contributed by atoms with Crippen molar-refractivity contribution in [2.45, 2.75) is 45.7 Å². The molecule has 96 valence electrons. The molecule has 5 heteroatoms. The number of aryl methyl sites for hydroxylation is 1. The van der Waals surface area contributed by atoms with E-state index in [0.717, 1.165) is 31.7 Å². The van der Waals surface area contributed by atoms with Crippen LogP contribution in [-0.4, -0.2) is 33.3 Å². The summed E-state index contributed by atoms with van der Waals surface area (Å²) in [5, 5.41) is 20.3. The molecule has 0 amide bonds. The van der Waals surface area contributed by atoms with Crippen molar-refractivity contribution in [2.75, 3.05) is 13.2 Å². The highest BCUT2D eigenvalue weighted by atomic mass is 16.3. The molecule has 0 unspecified atom stereocenters. The predicted molar refractivity (Wildman–Crippen MR) is 65.4 cm³/mol. The van der Waals surface area contributed by atoms with Gasteiger partial charge in [0, 0.05) is 32.4 Å². The number of nitrogens with one attached hydrogen (secondary N) is 1. The van der Waals surface area contributed by atoms with Crippen LogP contribution in [0.3, 0.4) is 0 Å². The zero-order chi connectivity index (χ0) is 12.1. The molecule has 0 saturated heterocycles. The van der Waals surface area contributed by atoms with E-state index < -0.39 is 0 Å². The lowest BCUT2D eigenvalue weighted by Gasteiger charge is -2.11. The standard InChI is InChI=1S/C12H22N4O/c1-2-12(4-5-12)10-13-8-11-9-16(15-14-11)6-3-7-17/h9,13,17H,2-8,10H2,1H3. The first-order valence-electron chi connectivity index (χ1n) is 6.48. The van der Waals surface area contributed by atoms with Gasteiger partial charge in [0.2, 0.25) is 0 Å². The maximum Gasteiger partial charge on any atom is 0.0964 e. The molecule has 0 spiro atoms. The monoisotopic (exact) mass is 238 g/mol. The number of rotatable bonds is 8. The first kappa shape index (κ1) is 12.5. The third-order valence-corrected chi connectivity index (χ3v) is 3.64. The second kappa shape index (κ2) is 5.60. The summed E-state index contributed by atoms with van der Waals surface area (Å²) >= 11 is 0. The third-order valence-electron chi connectivity index (χ3n) is 3.64. The van der Waals surface area contributed by atoms with Gasteiger partial charge in [0.1, 0.15) is 0 Å². The van der Waals surface area contributed by atoms with Crippen LogP contribution >= 0.6 is 0 Å². The second-order valence-electron chi connectivity index (χ2n) is 5.01. The van der Waals surface area contributed by atoms with Crippen molar-refractivity contribution in [2.24, 2.45) is 5.41 Å². The summed E-state index contributed by atoms with van der Waals surface area (Å²) < 4.78 is 1.79. The molecule has 0 aromatic carbocycles. The van der Waals surface area contributed by atoms with E-state index in [9.17, 15) is 0 Å². The van der Waals surface area contributed by atoms with Gasteiger partial charge in [-0.3, -0.25) is 4.68 Å². The van der Waals surface area contributed by atoms with E-state index in [1.54, 1.807) is 4.68 Å². The minimum atomic E-state index is 0.201. The van der Waals surface area contributed by atoms with Gasteiger partial charge in [-0.2, -0.15) is 0 Å². The minimum absolute atomic E-state index is 0.201. The summed E-state index contributed by atoms with van der Waals surface area (Å²) in [6, 6.07) is 0. The van der Waals surface area contributed by atoms with E-state index in [-0.39, 0.29) is 6.61 Å². The molecule has 1 aliphatic rings. The van der Waals surface area contributed by atoms with E-state index in [1.807, 2.05) is 6.20 Å². The summed E-state index contributed by atoms with van der Waals surface area (Å²) in [6.45, 7) is 5.09. The number of nitrogens with zero attached hydrogens (tertiary/aromatic N) is 3. The van der Waals surface area contributed by atoms with E-state index in [2.05, 4.69) is 22.6 Å². The molecule has 0 aliphatic heterocycles. The van der Waals surface area contributed by atoms with Gasteiger partial charge in [0.15, 0.2) is 0 Å². The van der Waals surface area contributed by atoms with Gasteiger partial charge in [-0.1, -0.05) is 12.1 Å². The maximum absolute atomic E-state index is 8.73. The van der Waals surface area contributed by atoms with E-state index in [1.165, 1.54) is 19.3 Å². The van der Waals surface area contributed by atoms with Crippen LogP contribution in [0.15, 0.2) is 6.20 Å². The summed E-state index contributed by atoms with van der Waals surface area (Å²) in [5.74, 6) is 0. The Kier molecular flexibility index (Phi) is 4.12. The number of hydrogen-bond donors (Lipinski definition) is 2. The van der Waals surface area contributed by atoms with Crippen molar-refractivity contribution in [1.82, 2.24) is 20.3 Å². The molecular weight excluding hydrogens is 216 g/mol. The predicted octanol–water partition coefficient (Wildman–Crippen LogP) is 0.940. The Morgan fingerprint density at radius 2 is 2.35 bits per heavy atom. The van der Waals surface area contributed by atoms with Crippen molar-refractivity contribution < 1.29 is 5.11 Å². The van der Waals surface area contributed by atoms with Crippen molar-refractivity contribution in [1.29, 1.82) is 0 Å². The fourth-order valence-corrected chi connectivity index (χ4v) is 2.05.